The molecule has 1 aliphatic carbocycles. The third kappa shape index (κ3) is 2.45. The van der Waals surface area contributed by atoms with Gasteiger partial charge in [-0.15, -0.1) is 0 Å². The molecule has 1 fully saturated rings. The van der Waals surface area contributed by atoms with Gasteiger partial charge in [-0.2, -0.15) is 4.31 Å². The second-order valence-corrected chi connectivity index (χ2v) is 7.46. The molecule has 2 aromatic heterocycles. The molecule has 3 rings (SSSR count). The average molecular weight is 309 g/mol. The summed E-state index contributed by atoms with van der Waals surface area (Å²) in [7, 11) is -2.11. The molecule has 2 N–H and O–H groups in total. The molecule has 0 bridgehead atoms. The number of aromatic amines is 1. The van der Waals surface area contributed by atoms with Gasteiger partial charge in [0, 0.05) is 24.8 Å². The van der Waals surface area contributed by atoms with E-state index in [1.165, 1.54) is 10.5 Å². The molecule has 21 heavy (non-hydrogen) atoms. The molecule has 0 amide bonds. The van der Waals surface area contributed by atoms with Crippen molar-refractivity contribution in [3.05, 3.63) is 24.5 Å². The number of aromatic nitrogens is 2. The van der Waals surface area contributed by atoms with Crippen LogP contribution in [0.25, 0.3) is 11.0 Å². The summed E-state index contributed by atoms with van der Waals surface area (Å²) in [6, 6.07) is 3.09. The first-order valence-electron chi connectivity index (χ1n) is 7.10. The monoisotopic (exact) mass is 309 g/mol. The third-order valence-corrected chi connectivity index (χ3v) is 6.15. The van der Waals surface area contributed by atoms with Gasteiger partial charge in [0.05, 0.1) is 12.1 Å². The van der Waals surface area contributed by atoms with Crippen LogP contribution >= 0.6 is 0 Å². The Morgan fingerprint density at radius 3 is 2.90 bits per heavy atom. The van der Waals surface area contributed by atoms with E-state index in [1.54, 1.807) is 25.4 Å². The minimum atomic E-state index is -3.65. The molecular weight excluding hydrogens is 290 g/mol. The van der Waals surface area contributed by atoms with Crippen molar-refractivity contribution in [2.24, 2.45) is 0 Å². The lowest BCUT2D eigenvalue weighted by atomic mass is 9.93. The Hall–Kier alpha value is -1.44. The fourth-order valence-electron chi connectivity index (χ4n) is 2.99. The molecule has 0 spiro atoms. The molecule has 2 atom stereocenters. The quantitative estimate of drug-likeness (QED) is 0.899. The Morgan fingerprint density at radius 1 is 1.38 bits per heavy atom. The first-order chi connectivity index (χ1) is 10.0. The van der Waals surface area contributed by atoms with Crippen molar-refractivity contribution in [2.75, 3.05) is 7.05 Å². The molecule has 0 aliphatic heterocycles. The Morgan fingerprint density at radius 2 is 2.14 bits per heavy atom. The number of pyridine rings is 1. The molecule has 0 saturated heterocycles. The first kappa shape index (κ1) is 14.5. The smallest absolute Gasteiger partial charge is 0.245 e. The Bertz CT molecular complexity index is 741. The standard InChI is InChI=1S/C14H19N3O3S/c1-17(11-6-2-3-7-12(11)18)21(19,20)13-9-16-14-10(13)5-4-8-15-14/h4-5,8-9,11-12,18H,2-3,6-7H2,1H3,(H,15,16). The average Bonchev–Trinajstić information content (AvgIpc) is 2.91. The molecule has 2 aromatic rings. The van der Waals surface area contributed by atoms with Crippen LogP contribution in [-0.4, -0.2) is 47.0 Å². The minimum Gasteiger partial charge on any atom is -0.391 e. The number of nitrogens with zero attached hydrogens (tertiary/aromatic N) is 2. The van der Waals surface area contributed by atoms with Crippen LogP contribution in [0.2, 0.25) is 0 Å². The number of hydrogen-bond acceptors (Lipinski definition) is 4. The fourth-order valence-corrected chi connectivity index (χ4v) is 4.56. The van der Waals surface area contributed by atoms with E-state index < -0.39 is 16.1 Å². The predicted molar refractivity (Wildman–Crippen MR) is 79.3 cm³/mol. The van der Waals surface area contributed by atoms with Gasteiger partial charge in [0.2, 0.25) is 10.0 Å². The number of rotatable bonds is 3. The maximum absolute atomic E-state index is 12.8. The largest absolute Gasteiger partial charge is 0.391 e. The van der Waals surface area contributed by atoms with Crippen LogP contribution in [0.1, 0.15) is 25.7 Å². The number of nitrogens with one attached hydrogen (secondary N) is 1. The van der Waals surface area contributed by atoms with Crippen LogP contribution in [0, 0.1) is 0 Å². The van der Waals surface area contributed by atoms with E-state index in [-0.39, 0.29) is 10.9 Å². The highest BCUT2D eigenvalue weighted by molar-refractivity contribution is 7.89. The van der Waals surface area contributed by atoms with E-state index in [4.69, 9.17) is 0 Å². The number of likely N-dealkylation sites (N-methyl/N-ethyl adjacent to an activating group) is 1. The molecule has 0 radical (unpaired) electrons. The molecule has 1 aliphatic rings. The van der Waals surface area contributed by atoms with E-state index in [0.717, 1.165) is 12.8 Å². The summed E-state index contributed by atoms with van der Waals surface area (Å²) in [5, 5.41) is 10.7. The molecule has 114 valence electrons. The number of sulfonamides is 1. The summed E-state index contributed by atoms with van der Waals surface area (Å²) < 4.78 is 27.0. The topological polar surface area (TPSA) is 86.3 Å². The molecule has 1 saturated carbocycles. The van der Waals surface area contributed by atoms with Gasteiger partial charge in [0.15, 0.2) is 0 Å². The Balaban J connectivity index is 1.99. The molecule has 7 heteroatoms. The lowest BCUT2D eigenvalue weighted by molar-refractivity contribution is 0.0638. The van der Waals surface area contributed by atoms with Gasteiger partial charge < -0.3 is 10.1 Å². The van der Waals surface area contributed by atoms with E-state index >= 15 is 0 Å². The van der Waals surface area contributed by atoms with Crippen LogP contribution in [0.3, 0.4) is 0 Å². The Labute approximate surface area is 123 Å². The molecule has 6 nitrogen and oxygen atoms in total. The summed E-state index contributed by atoms with van der Waals surface area (Å²) in [5.41, 5.74) is 0.550. The highest BCUT2D eigenvalue weighted by Crippen LogP contribution is 2.29. The molecule has 0 aromatic carbocycles. The van der Waals surface area contributed by atoms with Crippen molar-refractivity contribution >= 4 is 21.1 Å². The molecule has 2 unspecified atom stereocenters. The summed E-state index contributed by atoms with van der Waals surface area (Å²) >= 11 is 0. The van der Waals surface area contributed by atoms with Crippen LogP contribution in [0.5, 0.6) is 0 Å². The van der Waals surface area contributed by atoms with E-state index in [1.807, 2.05) is 0 Å². The van der Waals surface area contributed by atoms with E-state index in [2.05, 4.69) is 9.97 Å². The second kappa shape index (κ2) is 5.40. The third-order valence-electron chi connectivity index (χ3n) is 4.23. The van der Waals surface area contributed by atoms with E-state index in [0.29, 0.717) is 23.9 Å². The van der Waals surface area contributed by atoms with Crippen molar-refractivity contribution in [3.63, 3.8) is 0 Å². The maximum Gasteiger partial charge on any atom is 0.245 e. The van der Waals surface area contributed by atoms with Crippen LogP contribution in [0.4, 0.5) is 0 Å². The van der Waals surface area contributed by atoms with Gasteiger partial charge in [-0.3, -0.25) is 0 Å². The van der Waals surface area contributed by atoms with Crippen LogP contribution in [-0.2, 0) is 10.0 Å². The van der Waals surface area contributed by atoms with E-state index in [9.17, 15) is 13.5 Å². The van der Waals surface area contributed by atoms with Crippen molar-refractivity contribution in [2.45, 2.75) is 42.7 Å². The zero-order valence-electron chi connectivity index (χ0n) is 11.9. The number of aliphatic hydroxyl groups is 1. The van der Waals surface area contributed by atoms with Crippen molar-refractivity contribution in [1.29, 1.82) is 0 Å². The van der Waals surface area contributed by atoms with Crippen LogP contribution < -0.4 is 0 Å². The van der Waals surface area contributed by atoms with Crippen LogP contribution in [0.15, 0.2) is 29.4 Å². The van der Waals surface area contributed by atoms with Gasteiger partial charge in [-0.05, 0) is 25.0 Å². The van der Waals surface area contributed by atoms with Gasteiger partial charge in [0.1, 0.15) is 10.5 Å². The second-order valence-electron chi connectivity index (χ2n) is 5.49. The number of fused-ring (bicyclic) bond motifs is 1. The lowest BCUT2D eigenvalue weighted by Gasteiger charge is -2.34. The van der Waals surface area contributed by atoms with Crippen molar-refractivity contribution in [3.8, 4) is 0 Å². The SMILES string of the molecule is CN(C1CCCCC1O)S(=O)(=O)c1c[nH]c2ncccc12. The highest BCUT2D eigenvalue weighted by atomic mass is 32.2. The normalized spacial score (nSPS) is 23.8. The minimum absolute atomic E-state index is 0.214. The summed E-state index contributed by atoms with van der Waals surface area (Å²) in [4.78, 5) is 7.21. The number of hydrogen-bond donors (Lipinski definition) is 2. The summed E-state index contributed by atoms with van der Waals surface area (Å²) in [6.45, 7) is 0. The number of aliphatic hydroxyl groups excluding tert-OH is 1. The maximum atomic E-state index is 12.8. The van der Waals surface area contributed by atoms with Gasteiger partial charge >= 0.3 is 0 Å². The highest BCUT2D eigenvalue weighted by Gasteiger charge is 2.35. The first-order valence-corrected chi connectivity index (χ1v) is 8.54. The Kier molecular flexibility index (Phi) is 3.73. The van der Waals surface area contributed by atoms with Gasteiger partial charge in [-0.1, -0.05) is 12.8 Å². The predicted octanol–water partition coefficient (Wildman–Crippen LogP) is 1.49. The zero-order valence-corrected chi connectivity index (χ0v) is 12.7. The van der Waals surface area contributed by atoms with Gasteiger partial charge in [0.25, 0.3) is 0 Å². The summed E-state index contributed by atoms with van der Waals surface area (Å²) in [6.07, 6.45) is 5.72. The van der Waals surface area contributed by atoms with Gasteiger partial charge in [-0.25, -0.2) is 13.4 Å². The lowest BCUT2D eigenvalue weighted by Crippen LogP contribution is -2.46. The zero-order chi connectivity index (χ0) is 15.0. The molecule has 2 heterocycles. The fraction of sp³-hybridized carbons (Fsp3) is 0.500. The molecular formula is C14H19N3O3S. The van der Waals surface area contributed by atoms with Crippen molar-refractivity contribution in [1.82, 2.24) is 14.3 Å². The number of H-pyrrole nitrogens is 1. The van der Waals surface area contributed by atoms with Crippen molar-refractivity contribution < 1.29 is 13.5 Å². The summed E-state index contributed by atoms with van der Waals surface area (Å²) in [5.74, 6) is 0.